The van der Waals surface area contributed by atoms with Crippen LogP contribution in [0.25, 0.3) is 0 Å². The van der Waals surface area contributed by atoms with Crippen molar-refractivity contribution in [2.24, 2.45) is 11.5 Å². The van der Waals surface area contributed by atoms with Crippen LogP contribution in [0, 0.1) is 0 Å². The summed E-state index contributed by atoms with van der Waals surface area (Å²) in [7, 11) is 1.36. The number of rotatable bonds is 4. The second kappa shape index (κ2) is 7.22. The van der Waals surface area contributed by atoms with Crippen LogP contribution in [0.4, 0.5) is 0 Å². The molecule has 0 aliphatic rings. The van der Waals surface area contributed by atoms with Gasteiger partial charge in [-0.15, -0.1) is 12.4 Å². The minimum absolute atomic E-state index is 0. The summed E-state index contributed by atoms with van der Waals surface area (Å²) in [5.74, 6) is -0.350. The Balaban J connectivity index is 0.00000225. The Morgan fingerprint density at radius 2 is 2.19 bits per heavy atom. The van der Waals surface area contributed by atoms with Gasteiger partial charge in [0, 0.05) is 6.04 Å². The van der Waals surface area contributed by atoms with Gasteiger partial charge in [-0.3, -0.25) is 0 Å². The molecule has 0 aliphatic carbocycles. The van der Waals surface area contributed by atoms with E-state index in [1.807, 2.05) is 6.07 Å². The van der Waals surface area contributed by atoms with Gasteiger partial charge in [0.25, 0.3) is 0 Å². The molecule has 1 aromatic carbocycles. The maximum Gasteiger partial charge on any atom is 0.337 e. The number of hydrogen-bond acceptors (Lipinski definition) is 4. The van der Waals surface area contributed by atoms with Gasteiger partial charge in [0.15, 0.2) is 0 Å². The van der Waals surface area contributed by atoms with Gasteiger partial charge in [-0.05, 0) is 30.7 Å². The summed E-state index contributed by atoms with van der Waals surface area (Å²) in [6.45, 7) is 0.531. The van der Waals surface area contributed by atoms with E-state index in [9.17, 15) is 4.79 Å². The third kappa shape index (κ3) is 3.81. The summed E-state index contributed by atoms with van der Waals surface area (Å²) in [5.41, 5.74) is 12.7. The second-order valence-corrected chi connectivity index (χ2v) is 3.30. The van der Waals surface area contributed by atoms with Crippen LogP contribution in [0.2, 0.25) is 0 Å². The van der Waals surface area contributed by atoms with Crippen molar-refractivity contribution in [1.82, 2.24) is 0 Å². The quantitative estimate of drug-likeness (QED) is 0.782. The highest BCUT2D eigenvalue weighted by Gasteiger charge is 2.09. The Morgan fingerprint density at radius 1 is 1.50 bits per heavy atom. The van der Waals surface area contributed by atoms with Crippen molar-refractivity contribution >= 4 is 18.4 Å². The number of carbonyl (C=O) groups excluding carboxylic acids is 1. The number of carbonyl (C=O) groups is 1. The SMILES string of the molecule is COC(=O)c1cccc([C@H](N)CCN)c1.Cl. The molecule has 0 fully saturated rings. The minimum Gasteiger partial charge on any atom is -0.465 e. The van der Waals surface area contributed by atoms with Crippen LogP contribution in [0.15, 0.2) is 24.3 Å². The summed E-state index contributed by atoms with van der Waals surface area (Å²) < 4.78 is 4.63. The highest BCUT2D eigenvalue weighted by atomic mass is 35.5. The topological polar surface area (TPSA) is 78.3 Å². The summed E-state index contributed by atoms with van der Waals surface area (Å²) in [6, 6.07) is 6.99. The van der Waals surface area contributed by atoms with Gasteiger partial charge in [0.05, 0.1) is 12.7 Å². The summed E-state index contributed by atoms with van der Waals surface area (Å²) in [5, 5.41) is 0. The molecule has 0 spiro atoms. The summed E-state index contributed by atoms with van der Waals surface area (Å²) in [6.07, 6.45) is 0.699. The number of esters is 1. The highest BCUT2D eigenvalue weighted by Crippen LogP contribution is 2.15. The van der Waals surface area contributed by atoms with E-state index in [-0.39, 0.29) is 24.4 Å². The van der Waals surface area contributed by atoms with Gasteiger partial charge < -0.3 is 16.2 Å². The van der Waals surface area contributed by atoms with Gasteiger partial charge >= 0.3 is 5.97 Å². The van der Waals surface area contributed by atoms with Crippen LogP contribution in [-0.2, 0) is 4.74 Å². The first-order chi connectivity index (χ1) is 7.19. The summed E-state index contributed by atoms with van der Waals surface area (Å²) in [4.78, 5) is 11.3. The van der Waals surface area contributed by atoms with Gasteiger partial charge in [0.1, 0.15) is 0 Å². The molecule has 90 valence electrons. The zero-order chi connectivity index (χ0) is 11.3. The monoisotopic (exact) mass is 244 g/mol. The molecule has 16 heavy (non-hydrogen) atoms. The van der Waals surface area contributed by atoms with Gasteiger partial charge in [-0.25, -0.2) is 4.79 Å². The average molecular weight is 245 g/mol. The van der Waals surface area contributed by atoms with E-state index in [0.717, 1.165) is 5.56 Å². The molecule has 4 nitrogen and oxygen atoms in total. The van der Waals surface area contributed by atoms with Gasteiger partial charge in [-0.1, -0.05) is 12.1 Å². The zero-order valence-corrected chi connectivity index (χ0v) is 10.00. The predicted molar refractivity (Wildman–Crippen MR) is 65.6 cm³/mol. The van der Waals surface area contributed by atoms with E-state index in [1.165, 1.54) is 7.11 Å². The largest absolute Gasteiger partial charge is 0.465 e. The molecule has 4 N–H and O–H groups in total. The van der Waals surface area contributed by atoms with Crippen molar-refractivity contribution in [3.63, 3.8) is 0 Å². The Kier molecular flexibility index (Phi) is 6.72. The fraction of sp³-hybridized carbons (Fsp3) is 0.364. The number of methoxy groups -OCH3 is 1. The number of benzene rings is 1. The van der Waals surface area contributed by atoms with E-state index >= 15 is 0 Å². The zero-order valence-electron chi connectivity index (χ0n) is 9.18. The molecule has 0 saturated heterocycles. The van der Waals surface area contributed by atoms with Crippen molar-refractivity contribution in [2.45, 2.75) is 12.5 Å². The molecular weight excluding hydrogens is 228 g/mol. The Hall–Kier alpha value is -1.10. The molecule has 5 heteroatoms. The normalized spacial score (nSPS) is 11.4. The van der Waals surface area contributed by atoms with Crippen LogP contribution in [-0.4, -0.2) is 19.6 Å². The van der Waals surface area contributed by atoms with Crippen molar-refractivity contribution in [1.29, 1.82) is 0 Å². The number of halogens is 1. The third-order valence-corrected chi connectivity index (χ3v) is 2.21. The Labute approximate surface area is 101 Å². The van der Waals surface area contributed by atoms with Crippen molar-refractivity contribution in [3.05, 3.63) is 35.4 Å². The number of nitrogens with two attached hydrogens (primary N) is 2. The first kappa shape index (κ1) is 14.9. The van der Waals surface area contributed by atoms with Crippen molar-refractivity contribution in [2.75, 3.05) is 13.7 Å². The molecule has 1 aromatic rings. The molecule has 0 aromatic heterocycles. The Bertz CT molecular complexity index is 345. The van der Waals surface area contributed by atoms with Crippen molar-refractivity contribution < 1.29 is 9.53 Å². The van der Waals surface area contributed by atoms with Crippen molar-refractivity contribution in [3.8, 4) is 0 Å². The lowest BCUT2D eigenvalue weighted by Gasteiger charge is -2.11. The molecule has 0 saturated carbocycles. The van der Waals surface area contributed by atoms with E-state index in [0.29, 0.717) is 18.5 Å². The first-order valence-electron chi connectivity index (χ1n) is 4.83. The average Bonchev–Trinajstić information content (AvgIpc) is 2.28. The van der Waals surface area contributed by atoms with E-state index < -0.39 is 0 Å². The van der Waals surface area contributed by atoms with Crippen LogP contribution in [0.3, 0.4) is 0 Å². The molecule has 1 atom stereocenters. The number of hydrogen-bond donors (Lipinski definition) is 2. The molecule has 0 heterocycles. The lowest BCUT2D eigenvalue weighted by atomic mass is 10.0. The fourth-order valence-electron chi connectivity index (χ4n) is 1.36. The first-order valence-corrected chi connectivity index (χ1v) is 4.83. The molecule has 0 amide bonds. The number of ether oxygens (including phenoxy) is 1. The van der Waals surface area contributed by atoms with Gasteiger partial charge in [0.2, 0.25) is 0 Å². The smallest absolute Gasteiger partial charge is 0.337 e. The fourth-order valence-corrected chi connectivity index (χ4v) is 1.36. The molecule has 0 unspecified atom stereocenters. The Morgan fingerprint density at radius 3 is 2.75 bits per heavy atom. The molecule has 0 radical (unpaired) electrons. The summed E-state index contributed by atoms with van der Waals surface area (Å²) >= 11 is 0. The van der Waals surface area contributed by atoms with Crippen LogP contribution in [0.5, 0.6) is 0 Å². The lowest BCUT2D eigenvalue weighted by molar-refractivity contribution is 0.0600. The lowest BCUT2D eigenvalue weighted by Crippen LogP contribution is -2.15. The third-order valence-electron chi connectivity index (χ3n) is 2.21. The van der Waals surface area contributed by atoms with Gasteiger partial charge in [-0.2, -0.15) is 0 Å². The van der Waals surface area contributed by atoms with Crippen LogP contribution in [0.1, 0.15) is 28.4 Å². The van der Waals surface area contributed by atoms with E-state index in [4.69, 9.17) is 11.5 Å². The maximum absolute atomic E-state index is 11.3. The predicted octanol–water partition coefficient (Wildman–Crippen LogP) is 1.24. The molecule has 0 bridgehead atoms. The van der Waals surface area contributed by atoms with E-state index in [2.05, 4.69) is 4.74 Å². The second-order valence-electron chi connectivity index (χ2n) is 3.30. The maximum atomic E-state index is 11.3. The van der Waals surface area contributed by atoms with E-state index in [1.54, 1.807) is 18.2 Å². The van der Waals surface area contributed by atoms with Crippen LogP contribution < -0.4 is 11.5 Å². The molecular formula is C11H17ClN2O2. The standard InChI is InChI=1S/C11H16N2O2.ClH/c1-15-11(14)9-4-2-3-8(7-9)10(13)5-6-12;/h2-4,7,10H,5-6,12-13H2,1H3;1H/t10-;/m1./s1. The minimum atomic E-state index is -0.350. The highest BCUT2D eigenvalue weighted by molar-refractivity contribution is 5.89. The molecule has 1 rings (SSSR count). The van der Waals surface area contributed by atoms with Crippen LogP contribution >= 0.6 is 12.4 Å². The molecule has 0 aliphatic heterocycles.